The Morgan fingerprint density at radius 2 is 0.982 bits per heavy atom. The van der Waals surface area contributed by atoms with Crippen molar-refractivity contribution >= 4 is 38.2 Å². The Bertz CT molecular complexity index is 3240. The minimum Gasteiger partial charge on any atom is -0.456 e. The number of fused-ring (bicyclic) bond motifs is 6. The maximum atomic E-state index is 6.29. The predicted molar refractivity (Wildman–Crippen MR) is 228 cm³/mol. The van der Waals surface area contributed by atoms with Crippen LogP contribution in [0.25, 0.3) is 106 Å². The van der Waals surface area contributed by atoms with Gasteiger partial charge in [0.2, 0.25) is 0 Å². The normalized spacial score (nSPS) is 11.6. The number of benzene rings is 7. The lowest BCUT2D eigenvalue weighted by molar-refractivity contribution is 0.669. The number of aromatic nitrogens is 4. The molecule has 0 aliphatic carbocycles. The van der Waals surface area contributed by atoms with Crippen LogP contribution in [-0.2, 0) is 0 Å². The van der Waals surface area contributed by atoms with E-state index in [2.05, 4.69) is 162 Å². The number of furan rings is 1. The van der Waals surface area contributed by atoms with E-state index in [0.717, 1.165) is 94.6 Å². The van der Waals surface area contributed by atoms with E-state index in [1.165, 1.54) is 5.39 Å². The van der Waals surface area contributed by atoms with Crippen LogP contribution in [0.1, 0.15) is 0 Å². The Morgan fingerprint density at radius 1 is 0.393 bits per heavy atom. The van der Waals surface area contributed by atoms with Gasteiger partial charge in [-0.2, -0.15) is 5.10 Å². The smallest absolute Gasteiger partial charge is 0.160 e. The first kappa shape index (κ1) is 31.9. The summed E-state index contributed by atoms with van der Waals surface area (Å²) in [5.41, 5.74) is 13.5. The van der Waals surface area contributed by atoms with Gasteiger partial charge in [-0.1, -0.05) is 158 Å². The van der Waals surface area contributed by atoms with Gasteiger partial charge in [0.1, 0.15) is 16.9 Å². The van der Waals surface area contributed by atoms with Crippen LogP contribution in [0.4, 0.5) is 0 Å². The Labute approximate surface area is 322 Å². The lowest BCUT2D eigenvalue weighted by atomic mass is 9.95. The highest BCUT2D eigenvalue weighted by Crippen LogP contribution is 2.42. The quantitative estimate of drug-likeness (QED) is 0.172. The summed E-state index contributed by atoms with van der Waals surface area (Å²) in [6.45, 7) is 0. The van der Waals surface area contributed by atoms with E-state index in [1.807, 2.05) is 36.4 Å². The average molecular weight is 717 g/mol. The monoisotopic (exact) mass is 716 g/mol. The van der Waals surface area contributed by atoms with Gasteiger partial charge in [0.25, 0.3) is 0 Å². The van der Waals surface area contributed by atoms with Crippen molar-refractivity contribution in [3.05, 3.63) is 194 Å². The van der Waals surface area contributed by atoms with Crippen molar-refractivity contribution in [3.8, 4) is 67.5 Å². The van der Waals surface area contributed by atoms with Crippen molar-refractivity contribution in [2.45, 2.75) is 0 Å². The number of rotatable bonds is 6. The van der Waals surface area contributed by atoms with E-state index in [1.54, 1.807) is 0 Å². The van der Waals surface area contributed by atoms with Crippen LogP contribution < -0.4 is 0 Å². The number of hydrogen-bond donors (Lipinski definition) is 0. The highest BCUT2D eigenvalue weighted by Gasteiger charge is 2.22. The Kier molecular flexibility index (Phi) is 7.42. The molecule has 0 radical (unpaired) electrons. The van der Waals surface area contributed by atoms with E-state index in [-0.39, 0.29) is 0 Å². The maximum absolute atomic E-state index is 6.29. The zero-order chi connectivity index (χ0) is 37.0. The molecule has 7 aromatic carbocycles. The third kappa shape index (κ3) is 5.37. The molecule has 0 saturated heterocycles. The second-order valence-corrected chi connectivity index (χ2v) is 14.1. The first-order valence-electron chi connectivity index (χ1n) is 18.8. The number of para-hydroxylation sites is 1. The van der Waals surface area contributed by atoms with Crippen LogP contribution in [-0.4, -0.2) is 19.6 Å². The van der Waals surface area contributed by atoms with Gasteiger partial charge in [-0.15, -0.1) is 0 Å². The average Bonchev–Trinajstić information content (AvgIpc) is 3.86. The van der Waals surface area contributed by atoms with Gasteiger partial charge in [0, 0.05) is 49.5 Å². The molecule has 4 heterocycles. The van der Waals surface area contributed by atoms with Gasteiger partial charge >= 0.3 is 0 Å². The molecule has 0 bridgehead atoms. The molecule has 0 unspecified atom stereocenters. The lowest BCUT2D eigenvalue weighted by Crippen LogP contribution is -1.96. The highest BCUT2D eigenvalue weighted by atomic mass is 16.3. The molecule has 11 aromatic rings. The van der Waals surface area contributed by atoms with E-state index < -0.39 is 0 Å². The highest BCUT2D eigenvalue weighted by molar-refractivity contribution is 6.09. The molecular formula is C51H32N4O. The van der Waals surface area contributed by atoms with Crippen LogP contribution >= 0.6 is 0 Å². The van der Waals surface area contributed by atoms with E-state index in [9.17, 15) is 0 Å². The van der Waals surface area contributed by atoms with Gasteiger partial charge in [-0.25, -0.2) is 14.5 Å². The summed E-state index contributed by atoms with van der Waals surface area (Å²) in [6, 6.07) is 67.3. The van der Waals surface area contributed by atoms with Crippen LogP contribution in [0.15, 0.2) is 199 Å². The fraction of sp³-hybridized carbons (Fsp3) is 0. The lowest BCUT2D eigenvalue weighted by Gasteiger charge is -2.11. The molecule has 0 atom stereocenters. The number of pyridine rings is 1. The maximum Gasteiger partial charge on any atom is 0.160 e. The zero-order valence-corrected chi connectivity index (χ0v) is 30.2. The van der Waals surface area contributed by atoms with Crippen molar-refractivity contribution in [2.75, 3.05) is 0 Å². The van der Waals surface area contributed by atoms with Gasteiger partial charge in [0.15, 0.2) is 5.82 Å². The van der Waals surface area contributed by atoms with Crippen molar-refractivity contribution in [1.82, 2.24) is 19.6 Å². The molecule has 0 spiro atoms. The minimum atomic E-state index is 0.657. The third-order valence-electron chi connectivity index (χ3n) is 10.6. The van der Waals surface area contributed by atoms with Crippen molar-refractivity contribution in [3.63, 3.8) is 0 Å². The summed E-state index contributed by atoms with van der Waals surface area (Å²) < 4.78 is 8.42. The Balaban J connectivity index is 1.13. The van der Waals surface area contributed by atoms with Crippen LogP contribution in [0, 0.1) is 0 Å². The molecule has 5 heteroatoms. The predicted octanol–water partition coefficient (Wildman–Crippen LogP) is 13.2. The van der Waals surface area contributed by atoms with Gasteiger partial charge in [-0.05, 0) is 47.3 Å². The molecule has 0 aliphatic heterocycles. The van der Waals surface area contributed by atoms with Crippen LogP contribution in [0.5, 0.6) is 0 Å². The first-order valence-corrected chi connectivity index (χ1v) is 18.8. The summed E-state index contributed by atoms with van der Waals surface area (Å²) in [5, 5.41) is 9.97. The van der Waals surface area contributed by atoms with Crippen LogP contribution in [0.3, 0.4) is 0 Å². The SMILES string of the molecule is c1ccc(-c2nc(-c3cccc(-c4nn5c(-c6ccccc6)cc6ccccc6c5c4-c4ccccc4)c3)cc(-c3ccc4c(c3)oc3ccccc34)n2)cc1. The van der Waals surface area contributed by atoms with Gasteiger partial charge < -0.3 is 4.42 Å². The molecule has 0 fully saturated rings. The summed E-state index contributed by atoms with van der Waals surface area (Å²) in [7, 11) is 0. The molecule has 262 valence electrons. The second-order valence-electron chi connectivity index (χ2n) is 14.1. The number of nitrogens with zero attached hydrogens (tertiary/aromatic N) is 4. The van der Waals surface area contributed by atoms with E-state index in [4.69, 9.17) is 19.5 Å². The third-order valence-corrected chi connectivity index (χ3v) is 10.6. The fourth-order valence-electron chi connectivity index (χ4n) is 7.95. The Hall–Kier alpha value is -7.63. The molecule has 56 heavy (non-hydrogen) atoms. The standard InChI is InChI=1S/C51H32N4O/c1-4-15-33(16-5-1)45-30-36-21-10-11-24-40(36)50-48(34-17-6-2-7-18-34)49(54-55(45)50)39-23-14-22-37(29-39)43-32-44(53-51(52-43)35-19-8-3-9-20-35)38-27-28-42-41-25-12-13-26-46(41)56-47(42)31-38/h1-32H. The first-order chi connectivity index (χ1) is 27.7. The molecule has 0 saturated carbocycles. The van der Waals surface area contributed by atoms with Gasteiger partial charge in [-0.3, -0.25) is 0 Å². The van der Waals surface area contributed by atoms with Crippen molar-refractivity contribution < 1.29 is 4.42 Å². The molecular weight excluding hydrogens is 685 g/mol. The van der Waals surface area contributed by atoms with Crippen LogP contribution in [0.2, 0.25) is 0 Å². The summed E-state index contributed by atoms with van der Waals surface area (Å²) in [6.07, 6.45) is 0. The summed E-state index contributed by atoms with van der Waals surface area (Å²) in [4.78, 5) is 10.3. The molecule has 11 rings (SSSR count). The molecule has 4 aromatic heterocycles. The topological polar surface area (TPSA) is 56.2 Å². The van der Waals surface area contributed by atoms with E-state index >= 15 is 0 Å². The van der Waals surface area contributed by atoms with Crippen molar-refractivity contribution in [1.29, 1.82) is 0 Å². The zero-order valence-electron chi connectivity index (χ0n) is 30.2. The molecule has 0 N–H and O–H groups in total. The summed E-state index contributed by atoms with van der Waals surface area (Å²) in [5.74, 6) is 0.657. The summed E-state index contributed by atoms with van der Waals surface area (Å²) >= 11 is 0. The van der Waals surface area contributed by atoms with E-state index in [0.29, 0.717) is 5.82 Å². The second kappa shape index (κ2) is 13.0. The fourth-order valence-corrected chi connectivity index (χ4v) is 7.95. The number of hydrogen-bond acceptors (Lipinski definition) is 4. The Morgan fingerprint density at radius 3 is 1.75 bits per heavy atom. The molecule has 5 nitrogen and oxygen atoms in total. The minimum absolute atomic E-state index is 0.657. The molecule has 0 amide bonds. The molecule has 0 aliphatic rings. The largest absolute Gasteiger partial charge is 0.456 e. The van der Waals surface area contributed by atoms with Gasteiger partial charge in [0.05, 0.1) is 22.6 Å². The van der Waals surface area contributed by atoms with Crippen molar-refractivity contribution in [2.24, 2.45) is 0 Å².